The van der Waals surface area contributed by atoms with Crippen LogP contribution in [-0.4, -0.2) is 24.5 Å². The zero-order valence-corrected chi connectivity index (χ0v) is 17.6. The van der Waals surface area contributed by atoms with Crippen LogP contribution in [0.2, 0.25) is 0 Å². The molecule has 0 radical (unpaired) electrons. The second-order valence-corrected chi connectivity index (χ2v) is 9.53. The van der Waals surface area contributed by atoms with Crippen molar-refractivity contribution in [3.05, 3.63) is 28.2 Å². The Bertz CT molecular complexity index is 873. The van der Waals surface area contributed by atoms with E-state index >= 15 is 0 Å². The van der Waals surface area contributed by atoms with Gasteiger partial charge in [-0.2, -0.15) is 0 Å². The van der Waals surface area contributed by atoms with Gasteiger partial charge >= 0.3 is 5.97 Å². The fourth-order valence-corrected chi connectivity index (χ4v) is 6.37. The molecule has 7 heteroatoms. The van der Waals surface area contributed by atoms with Crippen LogP contribution in [0.4, 0.5) is 5.00 Å². The van der Waals surface area contributed by atoms with E-state index in [9.17, 15) is 19.5 Å². The van der Waals surface area contributed by atoms with E-state index in [1.54, 1.807) is 6.92 Å². The van der Waals surface area contributed by atoms with Crippen LogP contribution in [0, 0.1) is 29.6 Å². The van der Waals surface area contributed by atoms with E-state index < -0.39 is 23.8 Å². The van der Waals surface area contributed by atoms with Crippen molar-refractivity contribution in [3.8, 4) is 0 Å². The first-order valence-corrected chi connectivity index (χ1v) is 11.2. The number of allylic oxidation sites excluding steroid dienone is 2. The molecule has 5 rings (SSSR count). The predicted molar refractivity (Wildman–Crippen MR) is 107 cm³/mol. The summed E-state index contributed by atoms with van der Waals surface area (Å²) in [7, 11) is 0. The van der Waals surface area contributed by atoms with Gasteiger partial charge in [-0.15, -0.1) is 11.3 Å². The third kappa shape index (κ3) is 3.61. The van der Waals surface area contributed by atoms with Gasteiger partial charge in [0.2, 0.25) is 5.91 Å². The molecule has 6 nitrogen and oxygen atoms in total. The molecule has 29 heavy (non-hydrogen) atoms. The first kappa shape index (κ1) is 20.1. The lowest BCUT2D eigenvalue weighted by Gasteiger charge is -2.44. The van der Waals surface area contributed by atoms with Crippen LogP contribution in [0.15, 0.2) is 12.2 Å². The normalized spacial score (nSPS) is 29.9. The third-order valence-corrected chi connectivity index (χ3v) is 7.75. The van der Waals surface area contributed by atoms with Gasteiger partial charge in [0.15, 0.2) is 0 Å². The molecule has 1 fully saturated rings. The van der Waals surface area contributed by atoms with E-state index in [1.807, 2.05) is 12.2 Å². The molecule has 1 heterocycles. The van der Waals surface area contributed by atoms with Gasteiger partial charge < -0.3 is 20.0 Å². The molecule has 1 aromatic heterocycles. The van der Waals surface area contributed by atoms with Crippen LogP contribution in [0.25, 0.3) is 0 Å². The molecule has 4 aliphatic rings. The first-order valence-electron chi connectivity index (χ1n) is 10.4. The van der Waals surface area contributed by atoms with Crippen molar-refractivity contribution in [1.29, 1.82) is 0 Å². The predicted octanol–water partition coefficient (Wildman–Crippen LogP) is 2.57. The molecule has 0 spiro atoms. The maximum absolute atomic E-state index is 13.2. The van der Waals surface area contributed by atoms with Crippen LogP contribution in [0.3, 0.4) is 0 Å². The molecule has 4 aliphatic carbocycles. The smallest absolute Gasteiger partial charge is 0.341 e. The lowest BCUT2D eigenvalue weighted by Crippen LogP contribution is -2.51. The summed E-state index contributed by atoms with van der Waals surface area (Å²) in [6, 6.07) is 0. The van der Waals surface area contributed by atoms with E-state index in [1.165, 1.54) is 11.3 Å². The van der Waals surface area contributed by atoms with Crippen molar-refractivity contribution in [1.82, 2.24) is 0 Å². The maximum atomic E-state index is 13.2. The van der Waals surface area contributed by atoms with Gasteiger partial charge in [-0.3, -0.25) is 4.79 Å². The number of carboxylic acid groups (broad SMARTS) is 1. The molecule has 0 aliphatic heterocycles. The van der Waals surface area contributed by atoms with Gasteiger partial charge in [0, 0.05) is 16.8 Å². The number of aryl methyl sites for hydroxylation is 1. The first-order chi connectivity index (χ1) is 13.9. The topological polar surface area (TPSA) is 95.5 Å². The summed E-state index contributed by atoms with van der Waals surface area (Å²) in [6.07, 6.45) is 8.15. The van der Waals surface area contributed by atoms with Crippen molar-refractivity contribution in [3.63, 3.8) is 0 Å². The highest BCUT2D eigenvalue weighted by atomic mass is 32.1. The van der Waals surface area contributed by atoms with Crippen molar-refractivity contribution in [2.45, 2.75) is 46.0 Å². The molecule has 1 N–H and O–H groups in total. The van der Waals surface area contributed by atoms with Crippen LogP contribution in [0.1, 0.15) is 53.9 Å². The molecule has 156 valence electrons. The fourth-order valence-electron chi connectivity index (χ4n) is 5.13. The Kier molecular flexibility index (Phi) is 5.51. The van der Waals surface area contributed by atoms with E-state index in [0.717, 1.165) is 42.5 Å². The number of thiophene rings is 1. The Hall–Kier alpha value is -2.15. The average Bonchev–Trinajstić information content (AvgIpc) is 3.05. The van der Waals surface area contributed by atoms with Crippen LogP contribution in [0.5, 0.6) is 0 Å². The van der Waals surface area contributed by atoms with Crippen LogP contribution < -0.4 is 10.4 Å². The molecule has 0 saturated heterocycles. The number of hydrogen-bond donors (Lipinski definition) is 1. The quantitative estimate of drug-likeness (QED) is 0.588. The van der Waals surface area contributed by atoms with E-state index in [-0.39, 0.29) is 24.3 Å². The molecule has 1 amide bonds. The highest BCUT2D eigenvalue weighted by Gasteiger charge is 2.45. The molecule has 0 aromatic carbocycles. The molecule has 1 aromatic rings. The summed E-state index contributed by atoms with van der Waals surface area (Å²) in [6.45, 7) is 4.17. The van der Waals surface area contributed by atoms with Gasteiger partial charge in [-0.1, -0.05) is 19.1 Å². The molecule has 0 unspecified atom stereocenters. The number of fused-ring (bicyclic) bond motifs is 3. The number of nitrogens with one attached hydrogen (secondary N) is 1. The SMILES string of the molecule is CCOC(=O)c1c(NC(=O)[C@H]2[C@@H](C(=O)[O-])[C@H]3C=C[C@H]2CC3)sc2c1C[C@@H](C)CC2. The van der Waals surface area contributed by atoms with Crippen molar-refractivity contribution in [2.75, 3.05) is 11.9 Å². The summed E-state index contributed by atoms with van der Waals surface area (Å²) in [5.41, 5.74) is 1.43. The zero-order chi connectivity index (χ0) is 20.7. The number of hydrogen-bond acceptors (Lipinski definition) is 6. The maximum Gasteiger partial charge on any atom is 0.341 e. The van der Waals surface area contributed by atoms with Gasteiger partial charge in [0.05, 0.1) is 18.1 Å². The molecule has 2 bridgehead atoms. The van der Waals surface area contributed by atoms with Gasteiger partial charge in [-0.05, 0) is 62.3 Å². The number of esters is 1. The van der Waals surface area contributed by atoms with E-state index in [0.29, 0.717) is 16.5 Å². The van der Waals surface area contributed by atoms with E-state index in [2.05, 4.69) is 12.2 Å². The second kappa shape index (κ2) is 7.94. The van der Waals surface area contributed by atoms with Crippen molar-refractivity contribution >= 4 is 34.2 Å². The van der Waals surface area contributed by atoms with Crippen molar-refractivity contribution in [2.24, 2.45) is 29.6 Å². The second-order valence-electron chi connectivity index (χ2n) is 8.43. The Morgan fingerprint density at radius 1 is 1.17 bits per heavy atom. The summed E-state index contributed by atoms with van der Waals surface area (Å²) in [4.78, 5) is 38.8. The summed E-state index contributed by atoms with van der Waals surface area (Å²) in [5, 5.41) is 15.2. The number of carbonyl (C=O) groups excluding carboxylic acids is 3. The zero-order valence-electron chi connectivity index (χ0n) is 16.7. The number of amides is 1. The Balaban J connectivity index is 1.65. The molecule has 5 atom stereocenters. The number of carbonyl (C=O) groups is 3. The highest BCUT2D eigenvalue weighted by molar-refractivity contribution is 7.17. The Morgan fingerprint density at radius 2 is 1.86 bits per heavy atom. The number of anilines is 1. The third-order valence-electron chi connectivity index (χ3n) is 6.55. The number of carboxylic acids is 1. The summed E-state index contributed by atoms with van der Waals surface area (Å²) < 4.78 is 5.27. The number of ether oxygens (including phenoxy) is 1. The summed E-state index contributed by atoms with van der Waals surface area (Å²) >= 11 is 1.43. The Morgan fingerprint density at radius 3 is 2.48 bits per heavy atom. The molecular weight excluding hydrogens is 390 g/mol. The minimum atomic E-state index is -1.17. The Labute approximate surface area is 174 Å². The summed E-state index contributed by atoms with van der Waals surface area (Å²) in [5.74, 6) is -3.22. The molecule has 1 saturated carbocycles. The van der Waals surface area contributed by atoms with Gasteiger partial charge in [-0.25, -0.2) is 4.79 Å². The lowest BCUT2D eigenvalue weighted by atomic mass is 9.62. The van der Waals surface area contributed by atoms with Gasteiger partial charge in [0.1, 0.15) is 5.00 Å². The van der Waals surface area contributed by atoms with Crippen LogP contribution >= 0.6 is 11.3 Å². The minimum Gasteiger partial charge on any atom is -0.550 e. The lowest BCUT2D eigenvalue weighted by molar-refractivity contribution is -0.316. The largest absolute Gasteiger partial charge is 0.550 e. The fraction of sp³-hybridized carbons (Fsp3) is 0.591. The monoisotopic (exact) mass is 416 g/mol. The standard InChI is InChI=1S/C22H27NO5S/c1-3-28-22(27)18-14-10-11(2)4-9-15(14)29-20(18)23-19(24)16-12-5-7-13(8-6-12)17(16)21(25)26/h5,7,11-13,16-17H,3-4,6,8-10H2,1-2H3,(H,23,24)(H,25,26)/p-1/t11-,12-,13-,16+,17-/m0/s1. The molecular formula is C22H26NO5S-. The van der Waals surface area contributed by atoms with E-state index in [4.69, 9.17) is 4.74 Å². The van der Waals surface area contributed by atoms with Gasteiger partial charge in [0.25, 0.3) is 0 Å². The highest BCUT2D eigenvalue weighted by Crippen LogP contribution is 2.46. The average molecular weight is 417 g/mol. The number of aliphatic carboxylic acids is 1. The van der Waals surface area contributed by atoms with Crippen LogP contribution in [-0.2, 0) is 27.2 Å². The minimum absolute atomic E-state index is 0.108. The van der Waals surface area contributed by atoms with Crippen molar-refractivity contribution < 1.29 is 24.2 Å². The number of rotatable bonds is 5.